The van der Waals surface area contributed by atoms with E-state index in [4.69, 9.17) is 25.8 Å². The Bertz CT molecular complexity index is 2770. The number of aliphatic carboxylic acids is 1. The lowest BCUT2D eigenvalue weighted by Crippen LogP contribution is -2.16. The van der Waals surface area contributed by atoms with Gasteiger partial charge < -0.3 is 25.8 Å². The Balaban J connectivity index is 0.000000231. The third kappa shape index (κ3) is 12.7. The van der Waals surface area contributed by atoms with E-state index in [2.05, 4.69) is 9.44 Å². The average Bonchev–Trinajstić information content (AvgIpc) is 3.21. The molecule has 0 atom stereocenters. The Morgan fingerprint density at radius 1 is 0.557 bits per heavy atom. The van der Waals surface area contributed by atoms with E-state index >= 15 is 0 Å². The molecule has 0 fully saturated rings. The van der Waals surface area contributed by atoms with Crippen molar-refractivity contribution in [2.24, 2.45) is 0 Å². The molecular weight excluding hydrogens is 827 g/mol. The van der Waals surface area contributed by atoms with Gasteiger partial charge in [-0.1, -0.05) is 77.9 Å². The monoisotopic (exact) mass is 867 g/mol. The summed E-state index contributed by atoms with van der Waals surface area (Å²) in [5.74, 6) is -3.44. The first-order valence-electron chi connectivity index (χ1n) is 17.9. The van der Waals surface area contributed by atoms with Crippen LogP contribution in [0.4, 0.5) is 17.1 Å². The van der Waals surface area contributed by atoms with Crippen LogP contribution in [0, 0.1) is 13.8 Å². The van der Waals surface area contributed by atoms with Gasteiger partial charge in [-0.3, -0.25) is 19.0 Å². The number of benzene rings is 6. The molecule has 61 heavy (non-hydrogen) atoms. The highest BCUT2D eigenvalue weighted by Gasteiger charge is 2.23. The molecule has 0 heterocycles. The molecule has 0 saturated heterocycles. The molecular formula is C44H41N3O12S2. The number of nitrogens with one attached hydrogen (secondary N) is 2. The Hall–Kier alpha value is -7.50. The molecule has 0 aromatic heterocycles. The summed E-state index contributed by atoms with van der Waals surface area (Å²) >= 11 is 0. The number of carbonyl (C=O) groups excluding carboxylic acids is 1. The number of sulfonamides is 2. The number of rotatable bonds is 13. The van der Waals surface area contributed by atoms with E-state index in [0.29, 0.717) is 11.3 Å². The summed E-state index contributed by atoms with van der Waals surface area (Å²) in [6.45, 7) is 3.70. The fourth-order valence-electron chi connectivity index (χ4n) is 5.42. The van der Waals surface area contributed by atoms with E-state index < -0.39 is 43.7 Å². The summed E-state index contributed by atoms with van der Waals surface area (Å²) in [6.07, 6.45) is -0.258. The van der Waals surface area contributed by atoms with Gasteiger partial charge in [0, 0.05) is 11.3 Å². The SMILES string of the molecule is COc1ccc(CC(=O)O)cc1C(=O)c1ccccc1NS(=O)(=O)c1ccc(C)cc1.Cc1ccc(S(=O)(=O)Nc2ccccc2C(=O)O)cc1.Nc1ccccc1C(=O)O. The zero-order chi connectivity index (χ0) is 44.9. The number of carbonyl (C=O) groups is 4. The lowest BCUT2D eigenvalue weighted by Gasteiger charge is -2.14. The predicted molar refractivity (Wildman–Crippen MR) is 229 cm³/mol. The van der Waals surface area contributed by atoms with Crippen LogP contribution in [0.2, 0.25) is 0 Å². The van der Waals surface area contributed by atoms with Gasteiger partial charge in [0.25, 0.3) is 20.0 Å². The van der Waals surface area contributed by atoms with Gasteiger partial charge in [-0.05, 0) is 92.2 Å². The second kappa shape index (κ2) is 20.5. The number of aryl methyl sites for hydroxylation is 2. The fraction of sp³-hybridized carbons (Fsp3) is 0.0909. The minimum absolute atomic E-state index is 0.0422. The number of hydrogen-bond acceptors (Lipinski definition) is 10. The molecule has 15 nitrogen and oxygen atoms in total. The first kappa shape index (κ1) is 46.2. The molecule has 0 aliphatic carbocycles. The second-order valence-electron chi connectivity index (χ2n) is 13.1. The number of methoxy groups -OCH3 is 1. The summed E-state index contributed by atoms with van der Waals surface area (Å²) in [5.41, 5.74) is 8.40. The van der Waals surface area contributed by atoms with Gasteiger partial charge in [-0.2, -0.15) is 0 Å². The molecule has 6 aromatic carbocycles. The number of carboxylic acids is 3. The van der Waals surface area contributed by atoms with Gasteiger partial charge >= 0.3 is 17.9 Å². The molecule has 0 radical (unpaired) electrons. The largest absolute Gasteiger partial charge is 0.496 e. The van der Waals surface area contributed by atoms with Gasteiger partial charge in [0.1, 0.15) is 5.75 Å². The van der Waals surface area contributed by atoms with Crippen molar-refractivity contribution in [3.8, 4) is 5.75 Å². The smallest absolute Gasteiger partial charge is 0.337 e. The van der Waals surface area contributed by atoms with E-state index in [1.54, 1.807) is 66.7 Å². The zero-order valence-electron chi connectivity index (χ0n) is 32.9. The summed E-state index contributed by atoms with van der Waals surface area (Å²) in [6, 6.07) is 35.6. The highest BCUT2D eigenvalue weighted by molar-refractivity contribution is 7.93. The maximum Gasteiger partial charge on any atom is 0.337 e. The molecule has 0 aliphatic rings. The lowest BCUT2D eigenvalue weighted by atomic mass is 9.98. The molecule has 0 unspecified atom stereocenters. The van der Waals surface area contributed by atoms with Crippen LogP contribution in [0.1, 0.15) is 53.3 Å². The number of carboxylic acid groups (broad SMARTS) is 3. The lowest BCUT2D eigenvalue weighted by molar-refractivity contribution is -0.136. The molecule has 17 heteroatoms. The Kier molecular flexibility index (Phi) is 15.5. The van der Waals surface area contributed by atoms with Crippen molar-refractivity contribution >= 4 is 60.8 Å². The van der Waals surface area contributed by atoms with Gasteiger partial charge in [-0.15, -0.1) is 0 Å². The van der Waals surface area contributed by atoms with Crippen LogP contribution in [0.5, 0.6) is 5.75 Å². The highest BCUT2D eigenvalue weighted by Crippen LogP contribution is 2.28. The average molecular weight is 868 g/mol. The first-order valence-corrected chi connectivity index (χ1v) is 20.9. The number of hydrogen-bond donors (Lipinski definition) is 6. The number of ether oxygens (including phenoxy) is 1. The second-order valence-corrected chi connectivity index (χ2v) is 16.4. The molecule has 316 valence electrons. The molecule has 0 amide bonds. The number of ketones is 1. The Morgan fingerprint density at radius 2 is 0.984 bits per heavy atom. The van der Waals surface area contributed by atoms with Crippen molar-refractivity contribution in [1.82, 2.24) is 0 Å². The summed E-state index contributed by atoms with van der Waals surface area (Å²) in [5, 5.41) is 26.6. The van der Waals surface area contributed by atoms with Crippen LogP contribution >= 0.6 is 0 Å². The standard InChI is InChI=1S/C23H21NO6S.C14H13NO4S.C7H7NO2/c1-15-7-10-17(11-8-15)31(28,29)24-20-6-4-3-5-18(20)23(27)19-13-16(14-22(25)26)9-12-21(19)30-2;1-10-6-8-11(9-7-10)20(18,19)15-13-5-3-2-4-12(13)14(16)17;8-6-4-2-1-3-5(6)7(9)10/h3-13,24H,14H2,1-2H3,(H,25,26);2-9,15H,1H3,(H,16,17);1-4H,8H2,(H,9,10). The summed E-state index contributed by atoms with van der Waals surface area (Å²) in [7, 11) is -6.32. The van der Waals surface area contributed by atoms with Gasteiger partial charge in [0.2, 0.25) is 0 Å². The van der Waals surface area contributed by atoms with E-state index in [9.17, 15) is 36.0 Å². The third-order valence-corrected chi connectivity index (χ3v) is 11.3. The third-order valence-electron chi connectivity index (χ3n) is 8.54. The molecule has 0 spiro atoms. The number of anilines is 3. The van der Waals surface area contributed by atoms with Crippen molar-refractivity contribution in [1.29, 1.82) is 0 Å². The summed E-state index contributed by atoms with van der Waals surface area (Å²) in [4.78, 5) is 45.9. The van der Waals surface area contributed by atoms with Crippen LogP contribution < -0.4 is 19.9 Å². The van der Waals surface area contributed by atoms with Crippen molar-refractivity contribution in [2.75, 3.05) is 22.3 Å². The maximum atomic E-state index is 13.3. The first-order chi connectivity index (χ1) is 28.8. The fourth-order valence-corrected chi connectivity index (χ4v) is 7.58. The molecule has 0 saturated carbocycles. The topological polar surface area (TPSA) is 257 Å². The van der Waals surface area contributed by atoms with Crippen LogP contribution in [0.25, 0.3) is 0 Å². The minimum atomic E-state index is -3.92. The quantitative estimate of drug-likeness (QED) is 0.0500. The van der Waals surface area contributed by atoms with Crippen LogP contribution in [-0.2, 0) is 31.3 Å². The van der Waals surface area contributed by atoms with Crippen LogP contribution in [-0.4, -0.2) is 63.0 Å². The molecule has 6 aromatic rings. The van der Waals surface area contributed by atoms with E-state index in [-0.39, 0.29) is 55.6 Å². The number of para-hydroxylation sites is 3. The Morgan fingerprint density at radius 3 is 1.41 bits per heavy atom. The van der Waals surface area contributed by atoms with Crippen molar-refractivity contribution in [3.05, 3.63) is 178 Å². The van der Waals surface area contributed by atoms with Gasteiger partial charge in [0.15, 0.2) is 5.78 Å². The van der Waals surface area contributed by atoms with E-state index in [1.165, 1.54) is 79.9 Å². The van der Waals surface area contributed by atoms with Crippen molar-refractivity contribution in [3.63, 3.8) is 0 Å². The van der Waals surface area contributed by atoms with Crippen molar-refractivity contribution < 1.29 is 56.1 Å². The molecule has 0 aliphatic heterocycles. The summed E-state index contributed by atoms with van der Waals surface area (Å²) < 4.78 is 60.0. The van der Waals surface area contributed by atoms with Gasteiger partial charge in [0.05, 0.1) is 51.4 Å². The highest BCUT2D eigenvalue weighted by atomic mass is 32.2. The molecule has 6 rings (SSSR count). The van der Waals surface area contributed by atoms with Crippen LogP contribution in [0.3, 0.4) is 0 Å². The van der Waals surface area contributed by atoms with Gasteiger partial charge in [-0.25, -0.2) is 26.4 Å². The molecule has 0 bridgehead atoms. The zero-order valence-corrected chi connectivity index (χ0v) is 34.5. The Labute approximate surface area is 352 Å². The normalized spacial score (nSPS) is 10.7. The number of nitrogens with two attached hydrogens (primary N) is 1. The van der Waals surface area contributed by atoms with Crippen molar-refractivity contribution in [2.45, 2.75) is 30.1 Å². The molecule has 7 N–H and O–H groups in total. The van der Waals surface area contributed by atoms with Crippen LogP contribution in [0.15, 0.2) is 149 Å². The maximum absolute atomic E-state index is 13.3. The number of aromatic carboxylic acids is 2. The number of nitrogen functional groups attached to an aromatic ring is 1. The van der Waals surface area contributed by atoms with E-state index in [1.807, 2.05) is 13.8 Å². The predicted octanol–water partition coefficient (Wildman–Crippen LogP) is 7.12. The van der Waals surface area contributed by atoms with E-state index in [0.717, 1.165) is 11.1 Å². The minimum Gasteiger partial charge on any atom is -0.496 e.